The Morgan fingerprint density at radius 1 is 0.532 bits per heavy atom. The topological polar surface area (TPSA) is 8.17 Å². The van der Waals surface area contributed by atoms with Crippen molar-refractivity contribution in [1.82, 2.24) is 4.57 Å². The minimum atomic E-state index is -0.146. The van der Waals surface area contributed by atoms with E-state index in [0.29, 0.717) is 0 Å². The van der Waals surface area contributed by atoms with Gasteiger partial charge in [-0.1, -0.05) is 114 Å². The lowest BCUT2D eigenvalue weighted by Crippen LogP contribution is -2.43. The molecule has 0 atom stereocenters. The Labute approximate surface area is 278 Å². The second-order valence-corrected chi connectivity index (χ2v) is 15.7. The number of para-hydroxylation sites is 3. The highest BCUT2D eigenvalue weighted by Gasteiger charge is 2.51. The predicted molar refractivity (Wildman–Crippen MR) is 197 cm³/mol. The van der Waals surface area contributed by atoms with Gasteiger partial charge in [0.25, 0.3) is 0 Å². The minimum Gasteiger partial charge on any atom is -0.310 e. The third-order valence-electron chi connectivity index (χ3n) is 12.2. The van der Waals surface area contributed by atoms with Crippen molar-refractivity contribution in [3.8, 4) is 16.8 Å². The summed E-state index contributed by atoms with van der Waals surface area (Å²) in [5.74, 6) is 0. The van der Waals surface area contributed by atoms with Crippen LogP contribution in [0.25, 0.3) is 33.8 Å². The van der Waals surface area contributed by atoms with Gasteiger partial charge in [-0.05, 0) is 99.3 Å². The molecule has 230 valence electrons. The number of benzene rings is 5. The number of rotatable bonds is 2. The molecular formula is C45H40N2. The van der Waals surface area contributed by atoms with Crippen LogP contribution < -0.4 is 4.90 Å². The SMILES string of the molecule is CC1(C)c2cccc3c2N2c4c1cccc4C(C)(C)c1cc(-c4ccc(-n5c6c(c7ccccc75)CCC=C6)cc4)cc(c12)C3(C)C. The Morgan fingerprint density at radius 2 is 1.06 bits per heavy atom. The van der Waals surface area contributed by atoms with E-state index in [9.17, 15) is 0 Å². The normalized spacial score (nSPS) is 18.2. The van der Waals surface area contributed by atoms with Crippen molar-refractivity contribution in [3.63, 3.8) is 0 Å². The van der Waals surface area contributed by atoms with Gasteiger partial charge in [-0.2, -0.15) is 0 Å². The third kappa shape index (κ3) is 3.26. The van der Waals surface area contributed by atoms with E-state index in [1.165, 1.54) is 89.4 Å². The summed E-state index contributed by atoms with van der Waals surface area (Å²) in [4.78, 5) is 2.66. The second kappa shape index (κ2) is 8.75. The number of aromatic nitrogens is 1. The van der Waals surface area contributed by atoms with E-state index in [2.05, 4.69) is 160 Å². The molecule has 4 heterocycles. The molecule has 5 aromatic carbocycles. The first kappa shape index (κ1) is 27.3. The fourth-order valence-corrected chi connectivity index (χ4v) is 9.62. The molecule has 4 aliphatic rings. The van der Waals surface area contributed by atoms with Crippen LogP contribution in [0.15, 0.2) is 103 Å². The lowest BCUT2D eigenvalue weighted by Gasteiger charge is -2.55. The van der Waals surface area contributed by atoms with Gasteiger partial charge in [0.15, 0.2) is 0 Å². The van der Waals surface area contributed by atoms with Crippen molar-refractivity contribution in [2.24, 2.45) is 0 Å². The molecule has 1 aromatic heterocycles. The van der Waals surface area contributed by atoms with Crippen molar-refractivity contribution in [1.29, 1.82) is 0 Å². The van der Waals surface area contributed by atoms with Crippen LogP contribution in [0, 0.1) is 0 Å². The van der Waals surface area contributed by atoms with Crippen LogP contribution in [-0.2, 0) is 22.7 Å². The predicted octanol–water partition coefficient (Wildman–Crippen LogP) is 11.6. The van der Waals surface area contributed by atoms with Crippen molar-refractivity contribution < 1.29 is 0 Å². The number of allylic oxidation sites excluding steroid dienone is 1. The number of fused-ring (bicyclic) bond motifs is 3. The minimum absolute atomic E-state index is 0.0733. The van der Waals surface area contributed by atoms with Crippen LogP contribution in [0.3, 0.4) is 0 Å². The Kier molecular flexibility index (Phi) is 5.08. The van der Waals surface area contributed by atoms with Crippen LogP contribution in [0.4, 0.5) is 17.1 Å². The maximum absolute atomic E-state index is 2.66. The van der Waals surface area contributed by atoms with Gasteiger partial charge in [-0.15, -0.1) is 0 Å². The van der Waals surface area contributed by atoms with Gasteiger partial charge in [-0.3, -0.25) is 0 Å². The molecule has 0 bridgehead atoms. The van der Waals surface area contributed by atoms with Gasteiger partial charge in [0.05, 0.1) is 22.6 Å². The monoisotopic (exact) mass is 608 g/mol. The maximum Gasteiger partial charge on any atom is 0.0544 e. The van der Waals surface area contributed by atoms with Crippen molar-refractivity contribution >= 4 is 34.0 Å². The van der Waals surface area contributed by atoms with E-state index in [0.717, 1.165) is 12.8 Å². The largest absolute Gasteiger partial charge is 0.310 e. The number of hydrogen-bond donors (Lipinski definition) is 0. The highest BCUT2D eigenvalue weighted by Crippen LogP contribution is 2.66. The molecule has 0 saturated heterocycles. The first-order valence-corrected chi connectivity index (χ1v) is 17.3. The van der Waals surface area contributed by atoms with Gasteiger partial charge < -0.3 is 9.47 Å². The van der Waals surface area contributed by atoms with E-state index >= 15 is 0 Å². The lowest BCUT2D eigenvalue weighted by atomic mass is 9.60. The van der Waals surface area contributed by atoms with Crippen LogP contribution in [0.5, 0.6) is 0 Å². The molecule has 0 amide bonds. The molecule has 3 aliphatic heterocycles. The summed E-state index contributed by atoms with van der Waals surface area (Å²) in [6, 6.07) is 37.3. The second-order valence-electron chi connectivity index (χ2n) is 15.7. The smallest absolute Gasteiger partial charge is 0.0544 e. The zero-order chi connectivity index (χ0) is 32.0. The van der Waals surface area contributed by atoms with Gasteiger partial charge in [-0.25, -0.2) is 0 Å². The molecule has 0 saturated carbocycles. The summed E-state index contributed by atoms with van der Waals surface area (Å²) in [7, 11) is 0. The molecule has 2 nitrogen and oxygen atoms in total. The summed E-state index contributed by atoms with van der Waals surface area (Å²) >= 11 is 0. The Bertz CT molecular complexity index is 2280. The van der Waals surface area contributed by atoms with Gasteiger partial charge in [0.1, 0.15) is 0 Å². The molecule has 0 spiro atoms. The summed E-state index contributed by atoms with van der Waals surface area (Å²) in [5.41, 5.74) is 20.2. The number of anilines is 3. The van der Waals surface area contributed by atoms with Crippen molar-refractivity contribution in [3.05, 3.63) is 148 Å². The molecule has 6 aromatic rings. The maximum atomic E-state index is 2.66. The van der Waals surface area contributed by atoms with Crippen molar-refractivity contribution in [2.45, 2.75) is 70.6 Å². The number of aryl methyl sites for hydroxylation is 1. The molecule has 0 radical (unpaired) electrons. The van der Waals surface area contributed by atoms with E-state index in [4.69, 9.17) is 0 Å². The fraction of sp³-hybridized carbons (Fsp3) is 0.244. The lowest BCUT2D eigenvalue weighted by molar-refractivity contribution is 0.567. The molecular weight excluding hydrogens is 569 g/mol. The fourth-order valence-electron chi connectivity index (χ4n) is 9.62. The summed E-state index contributed by atoms with van der Waals surface area (Å²) in [5, 5.41) is 1.38. The van der Waals surface area contributed by atoms with E-state index in [1.807, 2.05) is 0 Å². The van der Waals surface area contributed by atoms with Crippen LogP contribution >= 0.6 is 0 Å². The summed E-state index contributed by atoms with van der Waals surface area (Å²) in [6.07, 6.45) is 6.85. The Hall–Kier alpha value is -4.82. The van der Waals surface area contributed by atoms with Gasteiger partial charge in [0.2, 0.25) is 0 Å². The first-order chi connectivity index (χ1) is 22.6. The highest BCUT2D eigenvalue weighted by molar-refractivity contribution is 5.99. The third-order valence-corrected chi connectivity index (χ3v) is 12.2. The van der Waals surface area contributed by atoms with Crippen LogP contribution in [0.1, 0.15) is 92.6 Å². The molecule has 47 heavy (non-hydrogen) atoms. The zero-order valence-electron chi connectivity index (χ0n) is 28.2. The number of hydrogen-bond acceptors (Lipinski definition) is 1. The number of nitrogens with zero attached hydrogens (tertiary/aromatic N) is 2. The van der Waals surface area contributed by atoms with E-state index in [-0.39, 0.29) is 16.2 Å². The Morgan fingerprint density at radius 3 is 1.66 bits per heavy atom. The molecule has 0 N–H and O–H groups in total. The zero-order valence-corrected chi connectivity index (χ0v) is 28.2. The quantitative estimate of drug-likeness (QED) is 0.190. The molecule has 0 unspecified atom stereocenters. The molecule has 10 rings (SSSR count). The van der Waals surface area contributed by atoms with Crippen molar-refractivity contribution in [2.75, 3.05) is 4.90 Å². The Balaban J connectivity index is 1.19. The summed E-state index contributed by atoms with van der Waals surface area (Å²) in [6.45, 7) is 14.6. The first-order valence-electron chi connectivity index (χ1n) is 17.3. The van der Waals surface area contributed by atoms with E-state index < -0.39 is 0 Å². The molecule has 1 aliphatic carbocycles. The van der Waals surface area contributed by atoms with Gasteiger partial charge >= 0.3 is 0 Å². The average molecular weight is 609 g/mol. The molecule has 0 fully saturated rings. The summed E-state index contributed by atoms with van der Waals surface area (Å²) < 4.78 is 2.45. The standard InChI is InChI=1S/C45H40N2/c1-43(2)32-15-11-17-34-40(32)47-41-33(43)16-12-18-35(41)45(5,6)37-26-28(25-36(42(37)47)44(34,3)4)27-21-23-29(24-22-27)46-38-19-9-7-13-30(38)31-14-8-10-20-39(31)46/h7,9-13,15-26H,8,14H2,1-6H3. The molecule has 2 heteroatoms. The van der Waals surface area contributed by atoms with E-state index in [1.54, 1.807) is 0 Å². The average Bonchev–Trinajstić information content (AvgIpc) is 3.41. The van der Waals surface area contributed by atoms with Crippen LogP contribution in [-0.4, -0.2) is 4.57 Å². The highest BCUT2D eigenvalue weighted by atomic mass is 15.2. The van der Waals surface area contributed by atoms with Crippen LogP contribution in [0.2, 0.25) is 0 Å². The van der Waals surface area contributed by atoms with Gasteiger partial charge in [0, 0.05) is 33.0 Å².